The number of amides is 1. The van der Waals surface area contributed by atoms with E-state index in [0.717, 1.165) is 54.9 Å². The fourth-order valence-corrected chi connectivity index (χ4v) is 3.10. The van der Waals surface area contributed by atoms with Crippen molar-refractivity contribution in [2.45, 2.75) is 26.4 Å². The van der Waals surface area contributed by atoms with Gasteiger partial charge in [0.05, 0.1) is 18.9 Å². The number of hydrogen-bond acceptors (Lipinski definition) is 4. The van der Waals surface area contributed by atoms with Crippen LogP contribution in [0.25, 0.3) is 16.8 Å². The molecule has 1 heterocycles. The Labute approximate surface area is 160 Å². The maximum atomic E-state index is 12.1. The van der Waals surface area contributed by atoms with Gasteiger partial charge in [0.1, 0.15) is 5.60 Å². The van der Waals surface area contributed by atoms with Crippen molar-refractivity contribution in [3.63, 3.8) is 0 Å². The summed E-state index contributed by atoms with van der Waals surface area (Å²) in [6, 6.07) is 12.0. The van der Waals surface area contributed by atoms with Crippen LogP contribution >= 0.6 is 0 Å². The van der Waals surface area contributed by atoms with Gasteiger partial charge in [0, 0.05) is 25.0 Å². The smallest absolute Gasteiger partial charge is 0.412 e. The molecule has 0 bridgehead atoms. The van der Waals surface area contributed by atoms with E-state index in [2.05, 4.69) is 28.4 Å². The van der Waals surface area contributed by atoms with Crippen LogP contribution in [-0.2, 0) is 9.47 Å². The summed E-state index contributed by atoms with van der Waals surface area (Å²) in [5, 5.41) is 4.97. The number of rotatable bonds is 4. The fourth-order valence-electron chi connectivity index (χ4n) is 3.10. The van der Waals surface area contributed by atoms with E-state index >= 15 is 0 Å². The second-order valence-electron chi connectivity index (χ2n) is 7.69. The average Bonchev–Trinajstić information content (AvgIpc) is 2.63. The standard InChI is InChI=1S/C22H28N2O3/c1-22(2,3)27-21(25)23-20-11-10-17(18-8-4-5-9-19(18)20)7-6-12-24-13-15-26-16-14-24/h4-11H,12-16H2,1-3H3,(H,23,25)/b7-6+. The van der Waals surface area contributed by atoms with Gasteiger partial charge < -0.3 is 9.47 Å². The number of carbonyl (C=O) groups is 1. The van der Waals surface area contributed by atoms with E-state index in [1.807, 2.05) is 51.1 Å². The van der Waals surface area contributed by atoms with Crippen LogP contribution < -0.4 is 5.32 Å². The monoisotopic (exact) mass is 368 g/mol. The van der Waals surface area contributed by atoms with E-state index in [1.54, 1.807) is 0 Å². The van der Waals surface area contributed by atoms with E-state index in [9.17, 15) is 4.79 Å². The van der Waals surface area contributed by atoms with Crippen molar-refractivity contribution >= 4 is 28.6 Å². The first-order valence-electron chi connectivity index (χ1n) is 9.41. The largest absolute Gasteiger partial charge is 0.444 e. The Kier molecular flexibility index (Phi) is 6.14. The number of carbonyl (C=O) groups excluding carboxylic acids is 1. The summed E-state index contributed by atoms with van der Waals surface area (Å²) in [5.74, 6) is 0. The van der Waals surface area contributed by atoms with Crippen LogP contribution in [0.2, 0.25) is 0 Å². The van der Waals surface area contributed by atoms with Crippen LogP contribution in [0.1, 0.15) is 26.3 Å². The number of morpholine rings is 1. The molecule has 3 rings (SSSR count). The Hall–Kier alpha value is -2.37. The summed E-state index contributed by atoms with van der Waals surface area (Å²) in [6.45, 7) is 10.0. The molecule has 1 aliphatic heterocycles. The Bertz CT molecular complexity index is 818. The molecule has 1 amide bonds. The lowest BCUT2D eigenvalue weighted by Crippen LogP contribution is -2.36. The molecule has 0 atom stereocenters. The zero-order valence-corrected chi connectivity index (χ0v) is 16.3. The van der Waals surface area contributed by atoms with Crippen LogP contribution in [0, 0.1) is 0 Å². The predicted octanol–water partition coefficient (Wildman–Crippen LogP) is 4.53. The third-order valence-electron chi connectivity index (χ3n) is 4.36. The minimum atomic E-state index is -0.526. The number of nitrogens with zero attached hydrogens (tertiary/aromatic N) is 1. The third-order valence-corrected chi connectivity index (χ3v) is 4.36. The molecule has 0 aromatic heterocycles. The normalized spacial score (nSPS) is 16.0. The Morgan fingerprint density at radius 3 is 2.56 bits per heavy atom. The number of ether oxygens (including phenoxy) is 2. The molecular weight excluding hydrogens is 340 g/mol. The van der Waals surface area contributed by atoms with Gasteiger partial charge in [-0.15, -0.1) is 0 Å². The van der Waals surface area contributed by atoms with Crippen LogP contribution in [0.5, 0.6) is 0 Å². The lowest BCUT2D eigenvalue weighted by Gasteiger charge is -2.25. The van der Waals surface area contributed by atoms with Gasteiger partial charge in [-0.05, 0) is 37.8 Å². The molecule has 2 aromatic rings. The predicted molar refractivity (Wildman–Crippen MR) is 110 cm³/mol. The highest BCUT2D eigenvalue weighted by Crippen LogP contribution is 2.28. The molecule has 1 saturated heterocycles. The molecule has 2 aromatic carbocycles. The zero-order chi connectivity index (χ0) is 19.3. The molecule has 5 nitrogen and oxygen atoms in total. The third kappa shape index (κ3) is 5.55. The van der Waals surface area contributed by atoms with E-state index in [-0.39, 0.29) is 0 Å². The molecule has 0 aliphatic carbocycles. The molecule has 0 saturated carbocycles. The Balaban J connectivity index is 1.77. The molecule has 1 N–H and O–H groups in total. The first kappa shape index (κ1) is 19.4. The van der Waals surface area contributed by atoms with Gasteiger partial charge in [-0.1, -0.05) is 42.5 Å². The number of benzene rings is 2. The van der Waals surface area contributed by atoms with Crippen LogP contribution in [-0.4, -0.2) is 49.4 Å². The van der Waals surface area contributed by atoms with Crippen LogP contribution in [0.3, 0.4) is 0 Å². The average molecular weight is 368 g/mol. The van der Waals surface area contributed by atoms with E-state index < -0.39 is 11.7 Å². The van der Waals surface area contributed by atoms with Crippen molar-refractivity contribution < 1.29 is 14.3 Å². The van der Waals surface area contributed by atoms with E-state index in [4.69, 9.17) is 9.47 Å². The lowest BCUT2D eigenvalue weighted by atomic mass is 10.0. The Morgan fingerprint density at radius 2 is 1.85 bits per heavy atom. The van der Waals surface area contributed by atoms with Gasteiger partial charge in [0.25, 0.3) is 0 Å². The molecule has 27 heavy (non-hydrogen) atoms. The minimum absolute atomic E-state index is 0.441. The molecule has 1 aliphatic rings. The van der Waals surface area contributed by atoms with E-state index in [1.165, 1.54) is 0 Å². The van der Waals surface area contributed by atoms with Gasteiger partial charge in [0.15, 0.2) is 0 Å². The first-order valence-corrected chi connectivity index (χ1v) is 9.41. The van der Waals surface area contributed by atoms with Crippen molar-refractivity contribution in [3.05, 3.63) is 48.0 Å². The molecule has 0 spiro atoms. The van der Waals surface area contributed by atoms with Gasteiger partial charge in [-0.25, -0.2) is 4.79 Å². The highest BCUT2D eigenvalue weighted by molar-refractivity contribution is 6.03. The molecule has 144 valence electrons. The number of hydrogen-bond donors (Lipinski definition) is 1. The summed E-state index contributed by atoms with van der Waals surface area (Å²) < 4.78 is 10.8. The first-order chi connectivity index (χ1) is 12.9. The van der Waals surface area contributed by atoms with Crippen LogP contribution in [0.15, 0.2) is 42.5 Å². The maximum Gasteiger partial charge on any atom is 0.412 e. The van der Waals surface area contributed by atoms with Crippen molar-refractivity contribution in [2.75, 3.05) is 38.2 Å². The number of nitrogens with one attached hydrogen (secondary N) is 1. The van der Waals surface area contributed by atoms with Gasteiger partial charge >= 0.3 is 6.09 Å². The fraction of sp³-hybridized carbons (Fsp3) is 0.409. The Morgan fingerprint density at radius 1 is 1.15 bits per heavy atom. The lowest BCUT2D eigenvalue weighted by molar-refractivity contribution is 0.0435. The van der Waals surface area contributed by atoms with Crippen LogP contribution in [0.4, 0.5) is 10.5 Å². The minimum Gasteiger partial charge on any atom is -0.444 e. The molecule has 0 radical (unpaired) electrons. The molecular formula is C22H28N2O3. The SMILES string of the molecule is CC(C)(C)OC(=O)Nc1ccc(/C=C/CN2CCOCC2)c2ccccc12. The van der Waals surface area contributed by atoms with Crippen molar-refractivity contribution in [1.29, 1.82) is 0 Å². The quantitative estimate of drug-likeness (QED) is 0.861. The number of anilines is 1. The zero-order valence-electron chi connectivity index (χ0n) is 16.3. The maximum absolute atomic E-state index is 12.1. The highest BCUT2D eigenvalue weighted by atomic mass is 16.6. The molecule has 5 heteroatoms. The summed E-state index contributed by atoms with van der Waals surface area (Å²) in [6.07, 6.45) is 3.89. The van der Waals surface area contributed by atoms with E-state index in [0.29, 0.717) is 0 Å². The summed E-state index contributed by atoms with van der Waals surface area (Å²) in [4.78, 5) is 14.5. The van der Waals surface area contributed by atoms with Crippen molar-refractivity contribution in [3.8, 4) is 0 Å². The second kappa shape index (κ2) is 8.55. The molecule has 1 fully saturated rings. The van der Waals surface area contributed by atoms with Gasteiger partial charge in [0.2, 0.25) is 0 Å². The van der Waals surface area contributed by atoms with Gasteiger partial charge in [-0.3, -0.25) is 10.2 Å². The molecule has 0 unspecified atom stereocenters. The van der Waals surface area contributed by atoms with Gasteiger partial charge in [-0.2, -0.15) is 0 Å². The number of fused-ring (bicyclic) bond motifs is 1. The topological polar surface area (TPSA) is 50.8 Å². The van der Waals surface area contributed by atoms with Crippen molar-refractivity contribution in [2.24, 2.45) is 0 Å². The summed E-state index contributed by atoms with van der Waals surface area (Å²) in [5.41, 5.74) is 1.36. The summed E-state index contributed by atoms with van der Waals surface area (Å²) >= 11 is 0. The second-order valence-corrected chi connectivity index (χ2v) is 7.69. The summed E-state index contributed by atoms with van der Waals surface area (Å²) in [7, 11) is 0. The highest BCUT2D eigenvalue weighted by Gasteiger charge is 2.17. The van der Waals surface area contributed by atoms with Crippen molar-refractivity contribution in [1.82, 2.24) is 4.90 Å².